The lowest BCUT2D eigenvalue weighted by atomic mass is 9.94. The zero-order valence-electron chi connectivity index (χ0n) is 18.1. The first-order valence-electron chi connectivity index (χ1n) is 10.4. The number of ketones is 1. The van der Waals surface area contributed by atoms with Gasteiger partial charge in [-0.2, -0.15) is 0 Å². The fourth-order valence-corrected chi connectivity index (χ4v) is 4.03. The van der Waals surface area contributed by atoms with Gasteiger partial charge in [0.05, 0.1) is 25.3 Å². The normalized spacial score (nSPS) is 17.3. The highest BCUT2D eigenvalue weighted by molar-refractivity contribution is 6.51. The summed E-state index contributed by atoms with van der Waals surface area (Å²) in [5, 5.41) is 11.6. The van der Waals surface area contributed by atoms with Crippen molar-refractivity contribution in [2.45, 2.75) is 13.0 Å². The molecule has 1 amide bonds. The van der Waals surface area contributed by atoms with Gasteiger partial charge < -0.3 is 14.6 Å². The van der Waals surface area contributed by atoms with E-state index < -0.39 is 17.7 Å². The van der Waals surface area contributed by atoms with E-state index in [1.165, 1.54) is 12.0 Å². The van der Waals surface area contributed by atoms with Gasteiger partial charge in [0.1, 0.15) is 5.76 Å². The summed E-state index contributed by atoms with van der Waals surface area (Å²) in [7, 11) is 1.53. The molecule has 0 radical (unpaired) electrons. The number of aliphatic hydroxyl groups excluding tert-OH is 1. The Hall–Kier alpha value is -3.77. The van der Waals surface area contributed by atoms with Gasteiger partial charge in [-0.1, -0.05) is 48.0 Å². The fourth-order valence-electron chi connectivity index (χ4n) is 3.90. The average Bonchev–Trinajstić information content (AvgIpc) is 3.10. The van der Waals surface area contributed by atoms with Crippen LogP contribution in [0.4, 0.5) is 5.69 Å². The quantitative estimate of drug-likeness (QED) is 0.302. The lowest BCUT2D eigenvalue weighted by Gasteiger charge is -2.26. The molecule has 6 nitrogen and oxygen atoms in total. The minimum atomic E-state index is -0.878. The summed E-state index contributed by atoms with van der Waals surface area (Å²) >= 11 is 6.03. The molecule has 168 valence electrons. The van der Waals surface area contributed by atoms with E-state index in [9.17, 15) is 14.7 Å². The first-order valence-corrected chi connectivity index (χ1v) is 10.8. The standard InChI is InChI=1S/C26H22ClNO5/c1-3-33-21-15-17(9-14-20(21)32-2)23-22(24(29)16-7-5-4-6-8-16)25(30)26(31)28(23)19-12-10-18(27)11-13-19/h4-15,23,29H,3H2,1-2H3/b24-22-. The maximum absolute atomic E-state index is 13.2. The number of rotatable bonds is 6. The van der Waals surface area contributed by atoms with Crippen molar-refractivity contribution in [3.8, 4) is 11.5 Å². The molecule has 0 aliphatic carbocycles. The largest absolute Gasteiger partial charge is 0.507 e. The number of carbonyl (C=O) groups is 2. The summed E-state index contributed by atoms with van der Waals surface area (Å²) in [6.45, 7) is 2.25. The van der Waals surface area contributed by atoms with Crippen molar-refractivity contribution < 1.29 is 24.2 Å². The van der Waals surface area contributed by atoms with E-state index in [-0.39, 0.29) is 11.3 Å². The molecular formula is C26H22ClNO5. The summed E-state index contributed by atoms with van der Waals surface area (Å²) in [6, 6.07) is 19.6. The SMILES string of the molecule is CCOc1cc(C2/C(=C(/O)c3ccccc3)C(=O)C(=O)N2c2ccc(Cl)cc2)ccc1OC. The van der Waals surface area contributed by atoms with Gasteiger partial charge in [0.25, 0.3) is 11.7 Å². The number of benzene rings is 3. The van der Waals surface area contributed by atoms with Crippen LogP contribution in [0.25, 0.3) is 5.76 Å². The Morgan fingerprint density at radius 2 is 1.70 bits per heavy atom. The van der Waals surface area contributed by atoms with Crippen LogP contribution in [-0.4, -0.2) is 30.5 Å². The van der Waals surface area contributed by atoms with Crippen LogP contribution in [0.1, 0.15) is 24.1 Å². The molecular weight excluding hydrogens is 442 g/mol. The maximum Gasteiger partial charge on any atom is 0.300 e. The van der Waals surface area contributed by atoms with Gasteiger partial charge in [0.2, 0.25) is 0 Å². The molecule has 1 heterocycles. The molecule has 33 heavy (non-hydrogen) atoms. The van der Waals surface area contributed by atoms with Crippen LogP contribution in [0.15, 0.2) is 78.4 Å². The number of ether oxygens (including phenoxy) is 2. The monoisotopic (exact) mass is 463 g/mol. The molecule has 1 aliphatic heterocycles. The number of hydrogen-bond donors (Lipinski definition) is 1. The molecule has 1 N–H and O–H groups in total. The molecule has 0 spiro atoms. The van der Waals surface area contributed by atoms with Gasteiger partial charge in [-0.05, 0) is 48.9 Å². The van der Waals surface area contributed by atoms with E-state index in [1.807, 2.05) is 6.92 Å². The molecule has 1 unspecified atom stereocenters. The van der Waals surface area contributed by atoms with Crippen LogP contribution in [0.3, 0.4) is 0 Å². The Kier molecular flexibility index (Phi) is 6.38. The summed E-state index contributed by atoms with van der Waals surface area (Å²) in [5.41, 5.74) is 1.50. The fraction of sp³-hybridized carbons (Fsp3) is 0.154. The molecule has 0 aromatic heterocycles. The molecule has 7 heteroatoms. The highest BCUT2D eigenvalue weighted by Crippen LogP contribution is 2.44. The van der Waals surface area contributed by atoms with E-state index >= 15 is 0 Å². The van der Waals surface area contributed by atoms with Gasteiger partial charge in [0.15, 0.2) is 11.5 Å². The number of aliphatic hydroxyl groups is 1. The van der Waals surface area contributed by atoms with Gasteiger partial charge in [-0.3, -0.25) is 14.5 Å². The van der Waals surface area contributed by atoms with Crippen molar-refractivity contribution in [3.63, 3.8) is 0 Å². The van der Waals surface area contributed by atoms with Crippen LogP contribution >= 0.6 is 11.6 Å². The Morgan fingerprint density at radius 1 is 1.00 bits per heavy atom. The predicted octanol–water partition coefficient (Wildman–Crippen LogP) is 5.37. The second-order valence-corrected chi connectivity index (χ2v) is 7.79. The van der Waals surface area contributed by atoms with E-state index in [4.69, 9.17) is 21.1 Å². The summed E-state index contributed by atoms with van der Waals surface area (Å²) in [6.07, 6.45) is 0. The van der Waals surface area contributed by atoms with Crippen molar-refractivity contribution in [1.29, 1.82) is 0 Å². The minimum Gasteiger partial charge on any atom is -0.507 e. The Labute approximate surface area is 196 Å². The lowest BCUT2D eigenvalue weighted by Crippen LogP contribution is -2.29. The molecule has 1 aliphatic rings. The van der Waals surface area contributed by atoms with E-state index in [0.717, 1.165) is 0 Å². The maximum atomic E-state index is 13.2. The zero-order chi connectivity index (χ0) is 23.5. The third kappa shape index (κ3) is 4.17. The number of nitrogens with zero attached hydrogens (tertiary/aromatic N) is 1. The molecule has 3 aromatic carbocycles. The molecule has 0 bridgehead atoms. The van der Waals surface area contributed by atoms with Crippen LogP contribution in [0.2, 0.25) is 5.02 Å². The third-order valence-corrected chi connectivity index (χ3v) is 5.65. The van der Waals surface area contributed by atoms with Crippen LogP contribution in [0, 0.1) is 0 Å². The van der Waals surface area contributed by atoms with Crippen LogP contribution in [-0.2, 0) is 9.59 Å². The van der Waals surface area contributed by atoms with Crippen molar-refractivity contribution in [3.05, 3.63) is 94.5 Å². The van der Waals surface area contributed by atoms with Gasteiger partial charge in [-0.15, -0.1) is 0 Å². The van der Waals surface area contributed by atoms with Crippen molar-refractivity contribution in [1.82, 2.24) is 0 Å². The molecule has 1 atom stereocenters. The van der Waals surface area contributed by atoms with Gasteiger partial charge >= 0.3 is 0 Å². The third-order valence-electron chi connectivity index (χ3n) is 5.40. The number of anilines is 1. The van der Waals surface area contributed by atoms with Crippen molar-refractivity contribution >= 4 is 34.7 Å². The lowest BCUT2D eigenvalue weighted by molar-refractivity contribution is -0.132. The smallest absolute Gasteiger partial charge is 0.300 e. The summed E-state index contributed by atoms with van der Waals surface area (Å²) in [5.74, 6) is -0.770. The molecule has 3 aromatic rings. The summed E-state index contributed by atoms with van der Waals surface area (Å²) in [4.78, 5) is 27.8. The van der Waals surface area contributed by atoms with Crippen LogP contribution < -0.4 is 14.4 Å². The van der Waals surface area contributed by atoms with E-state index in [0.29, 0.717) is 39.9 Å². The molecule has 0 saturated carbocycles. The first-order chi connectivity index (χ1) is 16.0. The highest BCUT2D eigenvalue weighted by atomic mass is 35.5. The average molecular weight is 464 g/mol. The molecule has 1 saturated heterocycles. The Morgan fingerprint density at radius 3 is 2.33 bits per heavy atom. The first kappa shape index (κ1) is 22.4. The number of carbonyl (C=O) groups excluding carboxylic acids is 2. The second-order valence-electron chi connectivity index (χ2n) is 7.35. The predicted molar refractivity (Wildman–Crippen MR) is 127 cm³/mol. The van der Waals surface area contributed by atoms with Crippen molar-refractivity contribution in [2.24, 2.45) is 0 Å². The molecule has 1 fully saturated rings. The number of Topliss-reactive ketones (excluding diaryl/α,β-unsaturated/α-hetero) is 1. The van der Waals surface area contributed by atoms with Crippen LogP contribution in [0.5, 0.6) is 11.5 Å². The number of amides is 1. The van der Waals surface area contributed by atoms with Gasteiger partial charge in [-0.25, -0.2) is 0 Å². The zero-order valence-corrected chi connectivity index (χ0v) is 18.9. The highest BCUT2D eigenvalue weighted by Gasteiger charge is 2.47. The number of hydrogen-bond acceptors (Lipinski definition) is 5. The number of halogens is 1. The number of methoxy groups -OCH3 is 1. The summed E-state index contributed by atoms with van der Waals surface area (Å²) < 4.78 is 11.1. The minimum absolute atomic E-state index is 0.00577. The molecule has 4 rings (SSSR count). The second kappa shape index (κ2) is 9.38. The van der Waals surface area contributed by atoms with Crippen molar-refractivity contribution in [2.75, 3.05) is 18.6 Å². The van der Waals surface area contributed by atoms with E-state index in [1.54, 1.807) is 72.8 Å². The van der Waals surface area contributed by atoms with Gasteiger partial charge in [0, 0.05) is 16.3 Å². The van der Waals surface area contributed by atoms with E-state index in [2.05, 4.69) is 0 Å². The Bertz CT molecular complexity index is 1220. The topological polar surface area (TPSA) is 76.1 Å². The Balaban J connectivity index is 1.95.